The molecule has 0 aromatic carbocycles. The summed E-state index contributed by atoms with van der Waals surface area (Å²) >= 11 is 0. The molecule has 0 aromatic rings. The van der Waals surface area contributed by atoms with Gasteiger partial charge in [-0.25, -0.2) is 0 Å². The number of rotatable bonds is 13. The first-order valence-electron chi connectivity index (χ1n) is 8.10. The molecule has 0 fully saturated rings. The number of hydrogen-bond donors (Lipinski definition) is 2. The molecule has 0 bridgehead atoms. The van der Waals surface area contributed by atoms with E-state index in [1.165, 1.54) is 0 Å². The summed E-state index contributed by atoms with van der Waals surface area (Å²) in [4.78, 5) is 22.2. The highest BCUT2D eigenvalue weighted by Crippen LogP contribution is 2.13. The van der Waals surface area contributed by atoms with Crippen molar-refractivity contribution in [2.45, 2.75) is 71.9 Å². The van der Waals surface area contributed by atoms with E-state index >= 15 is 0 Å². The lowest BCUT2D eigenvalue weighted by Gasteiger charge is -2.26. The number of esters is 1. The monoisotopic (exact) mass is 333 g/mol. The maximum atomic E-state index is 11.6. The van der Waals surface area contributed by atoms with Crippen molar-refractivity contribution in [2.24, 2.45) is 11.7 Å². The van der Waals surface area contributed by atoms with E-state index in [0.29, 0.717) is 18.8 Å². The van der Waals surface area contributed by atoms with Gasteiger partial charge in [-0.05, 0) is 32.6 Å². The SMILES string of the molecule is CC(C)CC(CO)OC(COC(=O)CCCC(N)=O)OC(C)C. The number of primary amides is 1. The van der Waals surface area contributed by atoms with E-state index in [1.807, 2.05) is 27.7 Å². The van der Waals surface area contributed by atoms with Crippen molar-refractivity contribution in [1.29, 1.82) is 0 Å². The maximum Gasteiger partial charge on any atom is 0.305 e. The fourth-order valence-corrected chi connectivity index (χ4v) is 1.97. The summed E-state index contributed by atoms with van der Waals surface area (Å²) in [6.45, 7) is 7.58. The molecule has 0 saturated heterocycles. The molecule has 136 valence electrons. The van der Waals surface area contributed by atoms with Gasteiger partial charge in [-0.15, -0.1) is 0 Å². The molecule has 0 aromatic heterocycles. The molecule has 0 radical (unpaired) electrons. The van der Waals surface area contributed by atoms with Crippen molar-refractivity contribution in [2.75, 3.05) is 13.2 Å². The van der Waals surface area contributed by atoms with Gasteiger partial charge < -0.3 is 25.1 Å². The number of aliphatic hydroxyl groups is 1. The van der Waals surface area contributed by atoms with E-state index < -0.39 is 18.2 Å². The van der Waals surface area contributed by atoms with E-state index in [1.54, 1.807) is 0 Å². The summed E-state index contributed by atoms with van der Waals surface area (Å²) in [5.41, 5.74) is 5.01. The Kier molecular flexibility index (Phi) is 11.6. The minimum absolute atomic E-state index is 0.0534. The molecule has 23 heavy (non-hydrogen) atoms. The Bertz CT molecular complexity index is 345. The summed E-state index contributed by atoms with van der Waals surface area (Å²) in [5, 5.41) is 9.37. The quantitative estimate of drug-likeness (QED) is 0.389. The molecule has 2 unspecified atom stereocenters. The van der Waals surface area contributed by atoms with E-state index in [0.717, 1.165) is 0 Å². The van der Waals surface area contributed by atoms with Gasteiger partial charge in [-0.1, -0.05) is 13.8 Å². The zero-order chi connectivity index (χ0) is 17.8. The van der Waals surface area contributed by atoms with E-state index in [9.17, 15) is 14.7 Å². The first-order chi connectivity index (χ1) is 10.7. The predicted octanol–water partition coefficient (Wildman–Crippen LogP) is 1.36. The highest BCUT2D eigenvalue weighted by Gasteiger charge is 2.20. The lowest BCUT2D eigenvalue weighted by molar-refractivity contribution is -0.219. The van der Waals surface area contributed by atoms with Crippen LogP contribution in [0.1, 0.15) is 53.4 Å². The fraction of sp³-hybridized carbons (Fsp3) is 0.875. The van der Waals surface area contributed by atoms with E-state index in [2.05, 4.69) is 0 Å². The summed E-state index contributed by atoms with van der Waals surface area (Å²) < 4.78 is 16.4. The molecular formula is C16H31NO6. The van der Waals surface area contributed by atoms with E-state index in [4.69, 9.17) is 19.9 Å². The molecule has 0 rings (SSSR count). The lowest BCUT2D eigenvalue weighted by atomic mass is 10.1. The van der Waals surface area contributed by atoms with Crippen molar-refractivity contribution in [1.82, 2.24) is 0 Å². The number of aliphatic hydroxyl groups excluding tert-OH is 1. The van der Waals surface area contributed by atoms with Crippen LogP contribution in [0.3, 0.4) is 0 Å². The van der Waals surface area contributed by atoms with Gasteiger partial charge in [-0.3, -0.25) is 9.59 Å². The van der Waals surface area contributed by atoms with Gasteiger partial charge in [-0.2, -0.15) is 0 Å². The van der Waals surface area contributed by atoms with Crippen LogP contribution in [0, 0.1) is 5.92 Å². The van der Waals surface area contributed by atoms with Crippen LogP contribution in [0.4, 0.5) is 0 Å². The minimum atomic E-state index is -0.731. The number of hydrogen-bond acceptors (Lipinski definition) is 6. The van der Waals surface area contributed by atoms with Crippen molar-refractivity contribution in [3.63, 3.8) is 0 Å². The Morgan fingerprint density at radius 1 is 1.09 bits per heavy atom. The Balaban J connectivity index is 4.32. The third-order valence-electron chi connectivity index (χ3n) is 2.89. The molecule has 0 aliphatic carbocycles. The Morgan fingerprint density at radius 3 is 2.22 bits per heavy atom. The average Bonchev–Trinajstić information content (AvgIpc) is 2.42. The first kappa shape index (κ1) is 21.8. The highest BCUT2D eigenvalue weighted by molar-refractivity contribution is 5.75. The third-order valence-corrected chi connectivity index (χ3v) is 2.89. The molecule has 2 atom stereocenters. The first-order valence-corrected chi connectivity index (χ1v) is 8.10. The Labute approximate surface area is 138 Å². The van der Waals surface area contributed by atoms with Crippen LogP contribution < -0.4 is 5.73 Å². The smallest absolute Gasteiger partial charge is 0.305 e. The average molecular weight is 333 g/mol. The van der Waals surface area contributed by atoms with Gasteiger partial charge in [0, 0.05) is 12.8 Å². The van der Waals surface area contributed by atoms with Crippen LogP contribution in [0.2, 0.25) is 0 Å². The topological polar surface area (TPSA) is 108 Å². The molecule has 0 aliphatic heterocycles. The summed E-state index contributed by atoms with van der Waals surface area (Å²) in [6, 6.07) is 0. The predicted molar refractivity (Wildman–Crippen MR) is 85.4 cm³/mol. The third kappa shape index (κ3) is 13.0. The molecule has 1 amide bonds. The highest BCUT2D eigenvalue weighted by atomic mass is 16.7. The van der Waals surface area contributed by atoms with Crippen LogP contribution in [0.25, 0.3) is 0 Å². The second kappa shape index (κ2) is 12.3. The number of carbonyl (C=O) groups is 2. The molecule has 0 heterocycles. The lowest BCUT2D eigenvalue weighted by Crippen LogP contribution is -2.34. The fourth-order valence-electron chi connectivity index (χ4n) is 1.97. The van der Waals surface area contributed by atoms with Crippen molar-refractivity contribution >= 4 is 11.9 Å². The second-order valence-corrected chi connectivity index (χ2v) is 6.19. The largest absolute Gasteiger partial charge is 0.460 e. The normalized spacial score (nSPS) is 14.0. The molecular weight excluding hydrogens is 302 g/mol. The standard InChI is InChI=1S/C16H31NO6/c1-11(2)8-13(9-18)23-16(22-12(3)4)10-21-15(20)7-5-6-14(17)19/h11-13,16,18H,5-10H2,1-4H3,(H2,17,19). The van der Waals surface area contributed by atoms with Crippen LogP contribution in [0.5, 0.6) is 0 Å². The van der Waals surface area contributed by atoms with Gasteiger partial charge in [0.25, 0.3) is 0 Å². The molecule has 0 spiro atoms. The van der Waals surface area contributed by atoms with Crippen LogP contribution in [-0.4, -0.2) is 48.7 Å². The Hall–Kier alpha value is -1.18. The summed E-state index contributed by atoms with van der Waals surface area (Å²) in [7, 11) is 0. The second-order valence-electron chi connectivity index (χ2n) is 6.19. The number of amides is 1. The van der Waals surface area contributed by atoms with Gasteiger partial charge in [0.2, 0.25) is 5.91 Å². The number of carbonyl (C=O) groups excluding carboxylic acids is 2. The molecule has 3 N–H and O–H groups in total. The molecule has 7 heteroatoms. The summed E-state index contributed by atoms with van der Waals surface area (Å²) in [6.07, 6.45) is 0.106. The van der Waals surface area contributed by atoms with Crippen molar-refractivity contribution < 1.29 is 28.9 Å². The zero-order valence-electron chi connectivity index (χ0n) is 14.6. The molecule has 0 aliphatic rings. The minimum Gasteiger partial charge on any atom is -0.460 e. The van der Waals surface area contributed by atoms with Crippen molar-refractivity contribution in [3.05, 3.63) is 0 Å². The molecule has 7 nitrogen and oxygen atoms in total. The van der Waals surface area contributed by atoms with Gasteiger partial charge in [0.1, 0.15) is 6.61 Å². The van der Waals surface area contributed by atoms with Crippen molar-refractivity contribution in [3.8, 4) is 0 Å². The van der Waals surface area contributed by atoms with Gasteiger partial charge in [0.05, 0.1) is 18.8 Å². The maximum absolute atomic E-state index is 11.6. The van der Waals surface area contributed by atoms with E-state index in [-0.39, 0.29) is 38.3 Å². The summed E-state index contributed by atoms with van der Waals surface area (Å²) in [5.74, 6) is -0.513. The van der Waals surface area contributed by atoms with Crippen LogP contribution in [-0.2, 0) is 23.8 Å². The van der Waals surface area contributed by atoms with Crippen LogP contribution >= 0.6 is 0 Å². The Morgan fingerprint density at radius 2 is 1.74 bits per heavy atom. The number of ether oxygens (including phenoxy) is 3. The molecule has 0 saturated carbocycles. The number of nitrogens with two attached hydrogens (primary N) is 1. The van der Waals surface area contributed by atoms with Crippen LogP contribution in [0.15, 0.2) is 0 Å². The van der Waals surface area contributed by atoms with Gasteiger partial charge >= 0.3 is 5.97 Å². The van der Waals surface area contributed by atoms with Gasteiger partial charge in [0.15, 0.2) is 6.29 Å². The zero-order valence-corrected chi connectivity index (χ0v) is 14.6.